The van der Waals surface area contributed by atoms with Crippen LogP contribution in [0.2, 0.25) is 0 Å². The molecule has 0 atom stereocenters. The van der Waals surface area contributed by atoms with Gasteiger partial charge in [0.15, 0.2) is 5.69 Å². The lowest BCUT2D eigenvalue weighted by atomic mass is 10.1. The van der Waals surface area contributed by atoms with Gasteiger partial charge in [0.25, 0.3) is 5.91 Å². The van der Waals surface area contributed by atoms with Gasteiger partial charge in [0.1, 0.15) is 5.75 Å². The lowest BCUT2D eigenvalue weighted by molar-refractivity contribution is -0.116. The maximum absolute atomic E-state index is 12.1. The zero-order chi connectivity index (χ0) is 19.4. The number of carbonyl (C=O) groups is 1. The highest BCUT2D eigenvalue weighted by Crippen LogP contribution is 2.39. The van der Waals surface area contributed by atoms with E-state index in [1.165, 1.54) is 0 Å². The van der Waals surface area contributed by atoms with Crippen molar-refractivity contribution in [3.05, 3.63) is 48.0 Å². The summed E-state index contributed by atoms with van der Waals surface area (Å²) in [7, 11) is 1.60. The molecule has 0 aliphatic heterocycles. The summed E-state index contributed by atoms with van der Waals surface area (Å²) in [5.74, 6) is 0.317. The predicted octanol–water partition coefficient (Wildman–Crippen LogP) is 4.41. The number of nitrogens with zero attached hydrogens (tertiary/aromatic N) is 3. The molecule has 3 aromatic rings. The number of hydrogen-bond acceptors (Lipinski definition) is 5. The average molecular weight is 366 g/mol. The molecule has 0 aliphatic carbocycles. The minimum absolute atomic E-state index is 0.00202. The predicted molar refractivity (Wildman–Crippen MR) is 105 cm³/mol. The van der Waals surface area contributed by atoms with E-state index in [-0.39, 0.29) is 12.4 Å². The van der Waals surface area contributed by atoms with Crippen LogP contribution in [0.4, 0.5) is 11.4 Å². The van der Waals surface area contributed by atoms with Gasteiger partial charge in [0.2, 0.25) is 5.88 Å². The van der Waals surface area contributed by atoms with E-state index in [2.05, 4.69) is 15.5 Å². The first-order valence-electron chi connectivity index (χ1n) is 8.67. The van der Waals surface area contributed by atoms with Gasteiger partial charge >= 0.3 is 0 Å². The normalized spacial score (nSPS) is 11.2. The fraction of sp³-hybridized carbons (Fsp3) is 0.250. The molecule has 2 N–H and O–H groups in total. The van der Waals surface area contributed by atoms with E-state index in [0.29, 0.717) is 12.2 Å². The zero-order valence-electron chi connectivity index (χ0n) is 15.6. The molecular weight excluding hydrogens is 344 g/mol. The van der Waals surface area contributed by atoms with E-state index < -0.39 is 5.91 Å². The molecule has 0 bridgehead atoms. The highest BCUT2D eigenvalue weighted by Gasteiger charge is 2.16. The highest BCUT2D eigenvalue weighted by atomic mass is 16.5. The van der Waals surface area contributed by atoms with E-state index in [0.717, 1.165) is 27.9 Å². The quantitative estimate of drug-likeness (QED) is 0.633. The Morgan fingerprint density at radius 2 is 1.96 bits per heavy atom. The third-order valence-electron chi connectivity index (χ3n) is 4.28. The van der Waals surface area contributed by atoms with Gasteiger partial charge in [0.05, 0.1) is 19.2 Å². The Balaban J connectivity index is 1.75. The van der Waals surface area contributed by atoms with Crippen molar-refractivity contribution in [1.29, 1.82) is 0 Å². The average Bonchev–Trinajstić information content (AvgIpc) is 2.95. The fourth-order valence-corrected chi connectivity index (χ4v) is 2.88. The number of anilines is 1. The largest absolute Gasteiger partial charge is 0.497 e. The molecule has 27 heavy (non-hydrogen) atoms. The molecule has 7 nitrogen and oxygen atoms in total. The number of amides is 1. The maximum Gasteiger partial charge on any atom is 0.283 e. The summed E-state index contributed by atoms with van der Waals surface area (Å²) < 4.78 is 6.83. The number of methoxy groups -OCH3 is 1. The van der Waals surface area contributed by atoms with Gasteiger partial charge in [-0.3, -0.25) is 4.79 Å². The number of nitrogens with one attached hydrogen (secondary N) is 1. The first-order chi connectivity index (χ1) is 13.0. The van der Waals surface area contributed by atoms with Crippen LogP contribution in [0.15, 0.2) is 52.7 Å². The summed E-state index contributed by atoms with van der Waals surface area (Å²) in [6.07, 6.45) is 0. The second-order valence-corrected chi connectivity index (χ2v) is 6.11. The molecule has 0 saturated heterocycles. The van der Waals surface area contributed by atoms with Gasteiger partial charge in [-0.05, 0) is 50.2 Å². The molecule has 0 radical (unpaired) electrons. The van der Waals surface area contributed by atoms with Gasteiger partial charge in [-0.1, -0.05) is 11.6 Å². The van der Waals surface area contributed by atoms with Crippen molar-refractivity contribution in [2.24, 2.45) is 10.2 Å². The van der Waals surface area contributed by atoms with Crippen LogP contribution in [0, 0.1) is 6.92 Å². The molecule has 0 spiro atoms. The van der Waals surface area contributed by atoms with Crippen LogP contribution in [0.1, 0.15) is 12.5 Å². The minimum Gasteiger partial charge on any atom is -0.497 e. The second kappa shape index (κ2) is 7.90. The summed E-state index contributed by atoms with van der Waals surface area (Å²) in [6.45, 7) is 4.49. The van der Waals surface area contributed by atoms with Crippen molar-refractivity contribution in [3.63, 3.8) is 0 Å². The highest BCUT2D eigenvalue weighted by molar-refractivity contribution is 5.95. The number of benzene rings is 2. The van der Waals surface area contributed by atoms with Crippen LogP contribution in [0.5, 0.6) is 11.6 Å². The third kappa shape index (κ3) is 3.92. The lowest BCUT2D eigenvalue weighted by Crippen LogP contribution is -2.10. The van der Waals surface area contributed by atoms with Crippen molar-refractivity contribution < 1.29 is 14.6 Å². The standard InChI is InChI=1S/C20H22N4O3/c1-4-24-17-10-5-13(2)11-16(17)19(20(24)26)23-22-18(25)12-21-14-6-8-15(27-3)9-7-14/h5-11,21,26H,4,12H2,1-3H3. The summed E-state index contributed by atoms with van der Waals surface area (Å²) in [5, 5.41) is 22.0. The smallest absolute Gasteiger partial charge is 0.283 e. The van der Waals surface area contributed by atoms with Gasteiger partial charge in [-0.15, -0.1) is 10.2 Å². The van der Waals surface area contributed by atoms with Gasteiger partial charge in [0, 0.05) is 17.6 Å². The molecular formula is C20H22N4O3. The van der Waals surface area contributed by atoms with Crippen LogP contribution in [-0.2, 0) is 11.3 Å². The number of aromatic nitrogens is 1. The van der Waals surface area contributed by atoms with Crippen LogP contribution in [0.3, 0.4) is 0 Å². The van der Waals surface area contributed by atoms with Crippen molar-refractivity contribution >= 4 is 28.2 Å². The number of carbonyl (C=O) groups excluding carboxylic acids is 1. The van der Waals surface area contributed by atoms with Gasteiger partial charge in [-0.2, -0.15) is 0 Å². The third-order valence-corrected chi connectivity index (χ3v) is 4.28. The maximum atomic E-state index is 12.1. The Hall–Kier alpha value is -3.35. The molecule has 7 heteroatoms. The number of azo groups is 1. The Morgan fingerprint density at radius 1 is 1.22 bits per heavy atom. The molecule has 0 fully saturated rings. The van der Waals surface area contributed by atoms with Gasteiger partial charge in [-0.25, -0.2) is 0 Å². The number of fused-ring (bicyclic) bond motifs is 1. The van der Waals surface area contributed by atoms with E-state index >= 15 is 0 Å². The number of ether oxygens (including phenoxy) is 1. The number of rotatable bonds is 6. The summed E-state index contributed by atoms with van der Waals surface area (Å²) >= 11 is 0. The minimum atomic E-state index is -0.435. The molecule has 3 rings (SSSR count). The second-order valence-electron chi connectivity index (χ2n) is 6.11. The van der Waals surface area contributed by atoms with Crippen LogP contribution < -0.4 is 10.1 Å². The van der Waals surface area contributed by atoms with Crippen LogP contribution in [0.25, 0.3) is 10.9 Å². The number of aryl methyl sites for hydroxylation is 2. The number of aromatic hydroxyl groups is 1. The number of hydrogen-bond donors (Lipinski definition) is 2. The van der Waals surface area contributed by atoms with Crippen LogP contribution in [-0.4, -0.2) is 29.2 Å². The van der Waals surface area contributed by atoms with Crippen molar-refractivity contribution in [2.75, 3.05) is 19.0 Å². The molecule has 140 valence electrons. The van der Waals surface area contributed by atoms with Crippen molar-refractivity contribution in [1.82, 2.24) is 4.57 Å². The zero-order valence-corrected chi connectivity index (χ0v) is 15.6. The van der Waals surface area contributed by atoms with E-state index in [4.69, 9.17) is 4.74 Å². The Morgan fingerprint density at radius 3 is 2.63 bits per heavy atom. The van der Waals surface area contributed by atoms with E-state index in [9.17, 15) is 9.90 Å². The molecule has 1 aromatic heterocycles. The summed E-state index contributed by atoms with van der Waals surface area (Å²) in [4.78, 5) is 12.1. The molecule has 1 heterocycles. The fourth-order valence-electron chi connectivity index (χ4n) is 2.88. The molecule has 0 aliphatic rings. The first-order valence-corrected chi connectivity index (χ1v) is 8.67. The Labute approximate surface area is 157 Å². The lowest BCUT2D eigenvalue weighted by Gasteiger charge is -2.04. The Kier molecular flexibility index (Phi) is 5.40. The van der Waals surface area contributed by atoms with E-state index in [1.54, 1.807) is 23.8 Å². The topological polar surface area (TPSA) is 88.2 Å². The summed E-state index contributed by atoms with van der Waals surface area (Å²) in [6, 6.07) is 13.1. The SMILES string of the molecule is CCn1c(O)c(N=NC(=O)CNc2ccc(OC)cc2)c2cc(C)ccc21. The Bertz CT molecular complexity index is 991. The van der Waals surface area contributed by atoms with E-state index in [1.807, 2.05) is 44.2 Å². The van der Waals surface area contributed by atoms with Crippen LogP contribution >= 0.6 is 0 Å². The molecule has 0 saturated carbocycles. The molecule has 1 amide bonds. The molecule has 2 aromatic carbocycles. The first kappa shape index (κ1) is 18.4. The van der Waals surface area contributed by atoms with Gasteiger partial charge < -0.3 is 19.7 Å². The van der Waals surface area contributed by atoms with Crippen molar-refractivity contribution in [3.8, 4) is 11.6 Å². The summed E-state index contributed by atoms with van der Waals surface area (Å²) in [5.41, 5.74) is 2.99. The van der Waals surface area contributed by atoms with Crippen molar-refractivity contribution in [2.45, 2.75) is 20.4 Å². The monoisotopic (exact) mass is 366 g/mol. The molecule has 0 unspecified atom stereocenters.